The number of halogens is 2. The molecule has 1 amide bonds. The number of carbonyl (C=O) groups excluding carboxylic acids is 1. The lowest BCUT2D eigenvalue weighted by Crippen LogP contribution is -2.40. The lowest BCUT2D eigenvalue weighted by Gasteiger charge is -2.21. The van der Waals surface area contributed by atoms with Gasteiger partial charge in [-0.15, -0.1) is 0 Å². The van der Waals surface area contributed by atoms with E-state index in [1.54, 1.807) is 54.7 Å². The Kier molecular flexibility index (Phi) is 5.94. The molecule has 0 unspecified atom stereocenters. The Morgan fingerprint density at radius 3 is 2.66 bits per heavy atom. The molecular weight excluding hydrogens is 454 g/mol. The van der Waals surface area contributed by atoms with E-state index in [4.69, 9.17) is 4.74 Å². The van der Waals surface area contributed by atoms with Crippen molar-refractivity contribution in [1.29, 1.82) is 0 Å². The Hall–Kier alpha value is -4.20. The number of nitrogens with one attached hydrogen (secondary N) is 1. The molecule has 1 fully saturated rings. The van der Waals surface area contributed by atoms with Gasteiger partial charge in [-0.2, -0.15) is 0 Å². The number of aromatic nitrogens is 1. The molecule has 1 saturated heterocycles. The standard InChI is InChI=1S/C27H22F2N2O4/c28-22-14-21(20-10-11-30-25(20)24(22)29)17-6-8-19(9-7-17)35-15-16-3-1-4-18(13-16)26(32)31-12-2-5-23(31)27(33)34/h1,3-4,6-11,13-14,23,30H,2,5,12,15H2,(H,33,34)/t23-/m0/s1. The average molecular weight is 476 g/mol. The molecule has 1 aromatic heterocycles. The SMILES string of the molecule is O=C(O)[C@@H]1CCCN1C(=O)c1cccc(COc2ccc(-c3cc(F)c(F)c4[nH]ccc34)cc2)c1. The van der Waals surface area contributed by atoms with Crippen LogP contribution in [-0.4, -0.2) is 39.5 Å². The third-order valence-corrected chi connectivity index (χ3v) is 6.28. The minimum absolute atomic E-state index is 0.123. The zero-order valence-corrected chi connectivity index (χ0v) is 18.6. The van der Waals surface area contributed by atoms with E-state index in [1.165, 1.54) is 11.0 Å². The van der Waals surface area contributed by atoms with Crippen LogP contribution in [0, 0.1) is 11.6 Å². The van der Waals surface area contributed by atoms with Crippen molar-refractivity contribution >= 4 is 22.8 Å². The van der Waals surface area contributed by atoms with Gasteiger partial charge in [0.1, 0.15) is 18.4 Å². The van der Waals surface area contributed by atoms with Crippen LogP contribution in [0.15, 0.2) is 66.9 Å². The van der Waals surface area contributed by atoms with Gasteiger partial charge in [-0.3, -0.25) is 4.79 Å². The predicted molar refractivity (Wildman–Crippen MR) is 126 cm³/mol. The largest absolute Gasteiger partial charge is 0.489 e. The molecule has 4 aromatic rings. The molecule has 1 aliphatic heterocycles. The van der Waals surface area contributed by atoms with Gasteiger partial charge in [0.15, 0.2) is 11.6 Å². The summed E-state index contributed by atoms with van der Waals surface area (Å²) in [6.07, 6.45) is 2.69. The quantitative estimate of drug-likeness (QED) is 0.391. The number of benzene rings is 3. The zero-order valence-electron chi connectivity index (χ0n) is 18.6. The summed E-state index contributed by atoms with van der Waals surface area (Å²) < 4.78 is 33.9. The van der Waals surface area contributed by atoms with Crippen molar-refractivity contribution in [3.05, 3.63) is 89.6 Å². The van der Waals surface area contributed by atoms with E-state index in [9.17, 15) is 23.5 Å². The normalized spacial score (nSPS) is 15.5. The highest BCUT2D eigenvalue weighted by molar-refractivity contribution is 5.97. The molecule has 3 aromatic carbocycles. The Bertz CT molecular complexity index is 1410. The number of carboxylic acid groups (broad SMARTS) is 1. The highest BCUT2D eigenvalue weighted by Crippen LogP contribution is 2.32. The van der Waals surface area contributed by atoms with Crippen LogP contribution in [0.25, 0.3) is 22.0 Å². The first-order valence-corrected chi connectivity index (χ1v) is 11.2. The third kappa shape index (κ3) is 4.35. The number of H-pyrrole nitrogens is 1. The van der Waals surface area contributed by atoms with Crippen LogP contribution in [0.1, 0.15) is 28.8 Å². The first-order chi connectivity index (χ1) is 16.9. The van der Waals surface area contributed by atoms with E-state index < -0.39 is 23.6 Å². The smallest absolute Gasteiger partial charge is 0.326 e. The van der Waals surface area contributed by atoms with Gasteiger partial charge in [0, 0.05) is 23.7 Å². The molecule has 1 atom stereocenters. The van der Waals surface area contributed by atoms with Gasteiger partial charge >= 0.3 is 5.97 Å². The van der Waals surface area contributed by atoms with E-state index in [1.807, 2.05) is 6.07 Å². The fourth-order valence-electron chi connectivity index (χ4n) is 4.53. The van der Waals surface area contributed by atoms with Gasteiger partial charge in [-0.05, 0) is 65.9 Å². The van der Waals surface area contributed by atoms with Gasteiger partial charge in [0.2, 0.25) is 0 Å². The molecule has 0 saturated carbocycles. The van der Waals surface area contributed by atoms with Crippen LogP contribution >= 0.6 is 0 Å². The Morgan fingerprint density at radius 2 is 1.89 bits per heavy atom. The Morgan fingerprint density at radius 1 is 1.09 bits per heavy atom. The number of aromatic amines is 1. The summed E-state index contributed by atoms with van der Waals surface area (Å²) in [6.45, 7) is 0.631. The summed E-state index contributed by atoms with van der Waals surface area (Å²) in [4.78, 5) is 28.4. The summed E-state index contributed by atoms with van der Waals surface area (Å²) in [6, 6.07) is 16.1. The monoisotopic (exact) mass is 476 g/mol. The number of nitrogens with zero attached hydrogens (tertiary/aromatic N) is 1. The molecule has 2 heterocycles. The number of hydrogen-bond donors (Lipinski definition) is 2. The first-order valence-electron chi connectivity index (χ1n) is 11.2. The molecule has 0 radical (unpaired) electrons. The molecule has 0 spiro atoms. The second kappa shape index (κ2) is 9.21. The summed E-state index contributed by atoms with van der Waals surface area (Å²) in [7, 11) is 0. The topological polar surface area (TPSA) is 82.6 Å². The van der Waals surface area contributed by atoms with Crippen molar-refractivity contribution in [3.63, 3.8) is 0 Å². The van der Waals surface area contributed by atoms with Crippen LogP contribution in [0.4, 0.5) is 8.78 Å². The molecule has 1 aliphatic rings. The number of likely N-dealkylation sites (tertiary alicyclic amines) is 1. The van der Waals surface area contributed by atoms with Crippen molar-refractivity contribution in [2.75, 3.05) is 6.54 Å². The van der Waals surface area contributed by atoms with Crippen LogP contribution in [0.2, 0.25) is 0 Å². The van der Waals surface area contributed by atoms with E-state index in [0.29, 0.717) is 47.2 Å². The molecular formula is C27H22F2N2O4. The molecule has 5 rings (SSSR count). The van der Waals surface area contributed by atoms with Crippen molar-refractivity contribution in [3.8, 4) is 16.9 Å². The maximum atomic E-state index is 14.0. The van der Waals surface area contributed by atoms with Crippen LogP contribution in [-0.2, 0) is 11.4 Å². The highest BCUT2D eigenvalue weighted by atomic mass is 19.2. The molecule has 35 heavy (non-hydrogen) atoms. The van der Waals surface area contributed by atoms with Crippen LogP contribution in [0.3, 0.4) is 0 Å². The number of carbonyl (C=O) groups is 2. The zero-order chi connectivity index (χ0) is 24.5. The molecule has 8 heteroatoms. The summed E-state index contributed by atoms with van der Waals surface area (Å²) in [5.41, 5.74) is 2.59. The minimum Gasteiger partial charge on any atom is -0.489 e. The van der Waals surface area contributed by atoms with Gasteiger partial charge in [-0.25, -0.2) is 13.6 Å². The molecule has 0 bridgehead atoms. The van der Waals surface area contributed by atoms with Crippen molar-refractivity contribution in [2.45, 2.75) is 25.5 Å². The van der Waals surface area contributed by atoms with Crippen molar-refractivity contribution in [2.24, 2.45) is 0 Å². The lowest BCUT2D eigenvalue weighted by molar-refractivity contribution is -0.141. The number of aliphatic carboxylic acids is 1. The number of fused-ring (bicyclic) bond motifs is 1. The number of rotatable bonds is 6. The fraction of sp³-hybridized carbons (Fsp3) is 0.185. The van der Waals surface area contributed by atoms with Crippen LogP contribution < -0.4 is 4.74 Å². The third-order valence-electron chi connectivity index (χ3n) is 6.28. The Labute approximate surface area is 199 Å². The van der Waals surface area contributed by atoms with Gasteiger partial charge in [0.25, 0.3) is 5.91 Å². The molecule has 6 nitrogen and oxygen atoms in total. The maximum Gasteiger partial charge on any atom is 0.326 e. The molecule has 0 aliphatic carbocycles. The lowest BCUT2D eigenvalue weighted by atomic mass is 10.0. The first kappa shape index (κ1) is 22.6. The van der Waals surface area contributed by atoms with Gasteiger partial charge in [0.05, 0.1) is 5.52 Å². The second-order valence-electron chi connectivity index (χ2n) is 8.49. The Balaban J connectivity index is 1.29. The maximum absolute atomic E-state index is 14.0. The van der Waals surface area contributed by atoms with Gasteiger partial charge < -0.3 is 19.7 Å². The van der Waals surface area contributed by atoms with Crippen molar-refractivity contribution in [1.82, 2.24) is 9.88 Å². The molecule has 2 N–H and O–H groups in total. The number of hydrogen-bond acceptors (Lipinski definition) is 3. The molecule has 178 valence electrons. The highest BCUT2D eigenvalue weighted by Gasteiger charge is 2.34. The van der Waals surface area contributed by atoms with E-state index in [0.717, 1.165) is 5.56 Å². The minimum atomic E-state index is -0.987. The van der Waals surface area contributed by atoms with Crippen molar-refractivity contribution < 1.29 is 28.2 Å². The number of amides is 1. The van der Waals surface area contributed by atoms with Gasteiger partial charge in [-0.1, -0.05) is 24.3 Å². The number of ether oxygens (including phenoxy) is 1. The fourth-order valence-corrected chi connectivity index (χ4v) is 4.53. The number of carboxylic acids is 1. The second-order valence-corrected chi connectivity index (χ2v) is 8.49. The van der Waals surface area contributed by atoms with Crippen LogP contribution in [0.5, 0.6) is 5.75 Å². The summed E-state index contributed by atoms with van der Waals surface area (Å²) in [5, 5.41) is 9.94. The summed E-state index contributed by atoms with van der Waals surface area (Å²) >= 11 is 0. The van der Waals surface area contributed by atoms with E-state index in [-0.39, 0.29) is 18.0 Å². The predicted octanol–water partition coefficient (Wildman–Crippen LogP) is 5.38. The van der Waals surface area contributed by atoms with E-state index in [2.05, 4.69) is 4.98 Å². The average Bonchev–Trinajstić information content (AvgIpc) is 3.56. The van der Waals surface area contributed by atoms with E-state index >= 15 is 0 Å². The summed E-state index contributed by atoms with van der Waals surface area (Å²) in [5.74, 6) is -2.54.